The highest BCUT2D eigenvalue weighted by molar-refractivity contribution is 5.46. The Labute approximate surface area is 113 Å². The number of nitrogens with one attached hydrogen (secondary N) is 1. The van der Waals surface area contributed by atoms with Gasteiger partial charge < -0.3 is 10.4 Å². The molecule has 2 N–H and O–H groups in total. The van der Waals surface area contributed by atoms with Crippen molar-refractivity contribution in [2.24, 2.45) is 5.92 Å². The number of anilines is 1. The second-order valence-electron chi connectivity index (χ2n) is 4.66. The second-order valence-corrected chi connectivity index (χ2v) is 4.66. The largest absolute Gasteiger partial charge is 0.396 e. The first-order valence-electron chi connectivity index (χ1n) is 6.54. The van der Waals surface area contributed by atoms with Crippen molar-refractivity contribution in [3.8, 4) is 0 Å². The van der Waals surface area contributed by atoms with Crippen LogP contribution in [0.1, 0.15) is 31.7 Å². The molecule has 0 aliphatic rings. The summed E-state index contributed by atoms with van der Waals surface area (Å²) >= 11 is 0. The molecule has 0 radical (unpaired) electrons. The van der Waals surface area contributed by atoms with E-state index in [0.29, 0.717) is 17.3 Å². The van der Waals surface area contributed by atoms with Crippen LogP contribution >= 0.6 is 0 Å². The van der Waals surface area contributed by atoms with E-state index in [4.69, 9.17) is 5.11 Å². The van der Waals surface area contributed by atoms with Crippen molar-refractivity contribution >= 4 is 11.5 Å². The van der Waals surface area contributed by atoms with E-state index in [1.807, 2.05) is 0 Å². The molecule has 1 unspecified atom stereocenters. The van der Waals surface area contributed by atoms with Gasteiger partial charge in [0.25, 0.3) is 5.69 Å². The summed E-state index contributed by atoms with van der Waals surface area (Å²) in [4.78, 5) is 14.3. The van der Waals surface area contributed by atoms with Crippen LogP contribution < -0.4 is 5.32 Å². The van der Waals surface area contributed by atoms with Crippen LogP contribution in [0.3, 0.4) is 0 Å². The Morgan fingerprint density at radius 1 is 1.53 bits per heavy atom. The molecule has 106 valence electrons. The molecule has 0 aliphatic carbocycles. The number of aliphatic hydroxyl groups is 1. The van der Waals surface area contributed by atoms with Crippen molar-refractivity contribution in [2.75, 3.05) is 18.5 Å². The van der Waals surface area contributed by atoms with Crippen molar-refractivity contribution in [3.05, 3.63) is 27.9 Å². The number of pyridine rings is 1. The highest BCUT2D eigenvalue weighted by Crippen LogP contribution is 2.19. The zero-order valence-electron chi connectivity index (χ0n) is 11.4. The lowest BCUT2D eigenvalue weighted by Gasteiger charge is -2.16. The summed E-state index contributed by atoms with van der Waals surface area (Å²) in [5.74, 6) is 1.04. The van der Waals surface area contributed by atoms with Gasteiger partial charge in [0.15, 0.2) is 0 Å². The summed E-state index contributed by atoms with van der Waals surface area (Å²) in [5.41, 5.74) is 0.628. The molecular formula is C13H21N3O3. The van der Waals surface area contributed by atoms with Crippen LogP contribution in [0.25, 0.3) is 0 Å². The van der Waals surface area contributed by atoms with E-state index in [-0.39, 0.29) is 12.3 Å². The average Bonchev–Trinajstić information content (AvgIpc) is 2.36. The van der Waals surface area contributed by atoms with Gasteiger partial charge in [-0.15, -0.1) is 0 Å². The molecule has 1 heterocycles. The monoisotopic (exact) mass is 267 g/mol. The Bertz CT molecular complexity index is 418. The quantitative estimate of drug-likeness (QED) is 0.558. The first-order chi connectivity index (χ1) is 9.08. The zero-order chi connectivity index (χ0) is 14.3. The zero-order valence-corrected chi connectivity index (χ0v) is 11.4. The fourth-order valence-electron chi connectivity index (χ4n) is 2.02. The summed E-state index contributed by atoms with van der Waals surface area (Å²) in [6.07, 6.45) is 4.14. The van der Waals surface area contributed by atoms with Crippen LogP contribution in [0.5, 0.6) is 0 Å². The van der Waals surface area contributed by atoms with Gasteiger partial charge in [0.05, 0.1) is 4.92 Å². The van der Waals surface area contributed by atoms with Crippen molar-refractivity contribution in [1.29, 1.82) is 0 Å². The molecule has 0 fully saturated rings. The number of nitrogens with zero attached hydrogens (tertiary/aromatic N) is 2. The first-order valence-corrected chi connectivity index (χ1v) is 6.54. The molecule has 19 heavy (non-hydrogen) atoms. The van der Waals surface area contributed by atoms with E-state index < -0.39 is 4.92 Å². The lowest BCUT2D eigenvalue weighted by Crippen LogP contribution is -2.16. The Morgan fingerprint density at radius 2 is 2.26 bits per heavy atom. The van der Waals surface area contributed by atoms with Gasteiger partial charge >= 0.3 is 0 Å². The van der Waals surface area contributed by atoms with Gasteiger partial charge in [-0.2, -0.15) is 0 Å². The van der Waals surface area contributed by atoms with Crippen molar-refractivity contribution in [1.82, 2.24) is 4.98 Å². The molecule has 1 rings (SSSR count). The lowest BCUT2D eigenvalue weighted by molar-refractivity contribution is -0.385. The van der Waals surface area contributed by atoms with E-state index in [2.05, 4.69) is 17.2 Å². The molecule has 1 atom stereocenters. The normalized spacial score (nSPS) is 12.2. The summed E-state index contributed by atoms with van der Waals surface area (Å²) in [6.45, 7) is 4.71. The third-order valence-electron chi connectivity index (χ3n) is 3.09. The smallest absolute Gasteiger partial charge is 0.290 e. The van der Waals surface area contributed by atoms with E-state index in [9.17, 15) is 10.1 Å². The maximum Gasteiger partial charge on any atom is 0.290 e. The minimum atomic E-state index is -0.433. The van der Waals surface area contributed by atoms with Gasteiger partial charge in [-0.05, 0) is 31.7 Å². The van der Waals surface area contributed by atoms with Crippen molar-refractivity contribution < 1.29 is 10.0 Å². The van der Waals surface area contributed by atoms with Gasteiger partial charge in [-0.1, -0.05) is 13.3 Å². The van der Waals surface area contributed by atoms with Crippen LogP contribution in [-0.2, 0) is 0 Å². The number of rotatable bonds is 8. The number of aromatic nitrogens is 1. The maximum absolute atomic E-state index is 10.7. The van der Waals surface area contributed by atoms with Gasteiger partial charge in [0.1, 0.15) is 12.0 Å². The second kappa shape index (κ2) is 7.68. The summed E-state index contributed by atoms with van der Waals surface area (Å²) in [5, 5.41) is 22.8. The minimum absolute atomic E-state index is 0.0333. The van der Waals surface area contributed by atoms with Gasteiger partial charge in [-0.3, -0.25) is 10.1 Å². The maximum atomic E-state index is 10.7. The SMILES string of the molecule is CCCC(CCO)CNc1cc(C)c([N+](=O)[O-])cn1. The Balaban J connectivity index is 2.62. The molecule has 0 bridgehead atoms. The molecule has 0 saturated heterocycles. The molecular weight excluding hydrogens is 246 g/mol. The van der Waals surface area contributed by atoms with Crippen LogP contribution in [0, 0.1) is 23.0 Å². The third-order valence-corrected chi connectivity index (χ3v) is 3.09. The molecule has 0 saturated carbocycles. The van der Waals surface area contributed by atoms with E-state index in [1.54, 1.807) is 13.0 Å². The van der Waals surface area contributed by atoms with Gasteiger partial charge in [0, 0.05) is 18.7 Å². The van der Waals surface area contributed by atoms with E-state index >= 15 is 0 Å². The van der Waals surface area contributed by atoms with Crippen LogP contribution in [0.15, 0.2) is 12.3 Å². The highest BCUT2D eigenvalue weighted by atomic mass is 16.6. The number of nitro groups is 1. The Morgan fingerprint density at radius 3 is 2.79 bits per heavy atom. The molecule has 6 heteroatoms. The Kier molecular flexibility index (Phi) is 6.21. The molecule has 6 nitrogen and oxygen atoms in total. The number of hydrogen-bond acceptors (Lipinski definition) is 5. The molecule has 0 aliphatic heterocycles. The molecule has 1 aromatic heterocycles. The van der Waals surface area contributed by atoms with Crippen molar-refractivity contribution in [3.63, 3.8) is 0 Å². The van der Waals surface area contributed by atoms with E-state index in [0.717, 1.165) is 25.8 Å². The first kappa shape index (κ1) is 15.4. The Hall–Kier alpha value is -1.69. The number of aryl methyl sites for hydroxylation is 1. The topological polar surface area (TPSA) is 88.3 Å². The third kappa shape index (κ3) is 4.82. The summed E-state index contributed by atoms with van der Waals surface area (Å²) < 4.78 is 0. The molecule has 0 amide bonds. The van der Waals surface area contributed by atoms with Gasteiger partial charge in [0.2, 0.25) is 0 Å². The fraction of sp³-hybridized carbons (Fsp3) is 0.615. The minimum Gasteiger partial charge on any atom is -0.396 e. The van der Waals surface area contributed by atoms with Crippen LogP contribution in [-0.4, -0.2) is 28.2 Å². The van der Waals surface area contributed by atoms with Crippen LogP contribution in [0.2, 0.25) is 0 Å². The molecule has 0 aromatic carbocycles. The number of hydrogen-bond donors (Lipinski definition) is 2. The highest BCUT2D eigenvalue weighted by Gasteiger charge is 2.12. The lowest BCUT2D eigenvalue weighted by atomic mass is 10.0. The average molecular weight is 267 g/mol. The fourth-order valence-corrected chi connectivity index (χ4v) is 2.02. The standard InChI is InChI=1S/C13H21N3O3/c1-3-4-11(5-6-17)8-14-13-7-10(2)12(9-15-13)16(18)19/h7,9,11,17H,3-6,8H2,1-2H3,(H,14,15). The predicted molar refractivity (Wildman–Crippen MR) is 74.2 cm³/mol. The predicted octanol–water partition coefficient (Wildman–Crippen LogP) is 2.51. The van der Waals surface area contributed by atoms with E-state index in [1.165, 1.54) is 6.20 Å². The summed E-state index contributed by atoms with van der Waals surface area (Å²) in [7, 11) is 0. The number of aliphatic hydroxyl groups excluding tert-OH is 1. The van der Waals surface area contributed by atoms with Gasteiger partial charge in [-0.25, -0.2) is 4.98 Å². The van der Waals surface area contributed by atoms with Crippen molar-refractivity contribution in [2.45, 2.75) is 33.1 Å². The molecule has 0 spiro atoms. The van der Waals surface area contributed by atoms with Crippen LogP contribution in [0.4, 0.5) is 11.5 Å². The summed E-state index contributed by atoms with van der Waals surface area (Å²) in [6, 6.07) is 1.68. The molecule has 1 aromatic rings.